The van der Waals surface area contributed by atoms with Crippen LogP contribution in [0.25, 0.3) is 17.6 Å². The van der Waals surface area contributed by atoms with Gasteiger partial charge in [0, 0.05) is 12.6 Å². The smallest absolute Gasteiger partial charge is 0.301 e. The van der Waals surface area contributed by atoms with Crippen LogP contribution in [0.4, 0.5) is 31.1 Å². The maximum absolute atomic E-state index is 12.9. The first-order valence-electron chi connectivity index (χ1n) is 7.38. The number of carbonyl (C=O) groups is 2. The van der Waals surface area contributed by atoms with Gasteiger partial charge in [0.05, 0.1) is 17.3 Å². The van der Waals surface area contributed by atoms with Crippen LogP contribution in [-0.4, -0.2) is 38.7 Å². The van der Waals surface area contributed by atoms with Crippen LogP contribution in [0.15, 0.2) is 30.2 Å². The van der Waals surface area contributed by atoms with Gasteiger partial charge in [0.25, 0.3) is 5.91 Å². The zero-order chi connectivity index (χ0) is 20.9. The first-order valence-corrected chi connectivity index (χ1v) is 7.38. The van der Waals surface area contributed by atoms with Crippen molar-refractivity contribution in [1.82, 2.24) is 25.0 Å². The minimum atomic E-state index is -5.01. The predicted octanol–water partition coefficient (Wildman–Crippen LogP) is 2.96. The Labute approximate surface area is 152 Å². The van der Waals surface area contributed by atoms with Gasteiger partial charge in [0.2, 0.25) is 0 Å². The molecule has 1 N–H and O–H groups in total. The van der Waals surface area contributed by atoms with Gasteiger partial charge in [-0.15, -0.1) is 5.10 Å². The minimum Gasteiger partial charge on any atom is -0.301 e. The number of aromatic nitrogens is 3. The highest BCUT2D eigenvalue weighted by atomic mass is 19.4. The molecule has 0 radical (unpaired) electrons. The van der Waals surface area contributed by atoms with Crippen LogP contribution in [0.1, 0.15) is 11.1 Å². The molecule has 28 heavy (non-hydrogen) atoms. The Bertz CT molecular complexity index is 959. The van der Waals surface area contributed by atoms with Gasteiger partial charge >= 0.3 is 18.4 Å². The lowest BCUT2D eigenvalue weighted by Gasteiger charge is -2.13. The van der Waals surface area contributed by atoms with E-state index in [1.54, 1.807) is 0 Å². The second kappa shape index (κ2) is 6.35. The fourth-order valence-electron chi connectivity index (χ4n) is 2.30. The number of halogens is 6. The number of hydrogen-bond acceptors (Lipinski definition) is 4. The van der Waals surface area contributed by atoms with Crippen LogP contribution in [-0.2, 0) is 17.1 Å². The molecule has 1 saturated heterocycles. The zero-order valence-electron chi connectivity index (χ0n) is 13.8. The van der Waals surface area contributed by atoms with Crippen molar-refractivity contribution >= 4 is 18.1 Å². The number of benzene rings is 1. The third kappa shape index (κ3) is 3.68. The Morgan fingerprint density at radius 2 is 1.57 bits per heavy atom. The third-order valence-electron chi connectivity index (χ3n) is 3.70. The lowest BCUT2D eigenvalue weighted by Crippen LogP contribution is -2.25. The lowest BCUT2D eigenvalue weighted by molar-refractivity contribution is -0.143. The van der Waals surface area contributed by atoms with Crippen molar-refractivity contribution in [2.24, 2.45) is 0 Å². The SMILES string of the molecule is CN1C(=O)N/C(=C\n2cnc(-c3cc(C(F)(F)F)cc(C(F)(F)F)c3)n2)C1=O. The summed E-state index contributed by atoms with van der Waals surface area (Å²) in [7, 11) is 1.21. The highest BCUT2D eigenvalue weighted by molar-refractivity contribution is 6.12. The average Bonchev–Trinajstić information content (AvgIpc) is 3.14. The summed E-state index contributed by atoms with van der Waals surface area (Å²) in [5, 5.41) is 5.97. The van der Waals surface area contributed by atoms with Gasteiger partial charge in [-0.05, 0) is 18.2 Å². The number of hydrogen-bond donors (Lipinski definition) is 1. The standard InChI is InChI=1S/C15H9F6N5O2/c1-25-12(27)10(23-13(25)28)5-26-6-22-11(24-26)7-2-8(14(16,17)18)4-9(3-7)15(19,20)21/h2-6H,1H3,(H,23,28)/b10-5-. The summed E-state index contributed by atoms with van der Waals surface area (Å²) in [6, 6.07) is 0.256. The van der Waals surface area contributed by atoms with Crippen LogP contribution in [0.3, 0.4) is 0 Å². The molecule has 2 heterocycles. The number of carbonyl (C=O) groups excluding carboxylic acids is 2. The summed E-state index contributed by atoms with van der Waals surface area (Å²) in [5.74, 6) is -1.13. The van der Waals surface area contributed by atoms with Gasteiger partial charge in [-0.3, -0.25) is 9.69 Å². The number of nitrogens with one attached hydrogen (secondary N) is 1. The van der Waals surface area contributed by atoms with Gasteiger partial charge in [-0.25, -0.2) is 14.5 Å². The van der Waals surface area contributed by atoms with Crippen LogP contribution in [0, 0.1) is 0 Å². The van der Waals surface area contributed by atoms with Crippen molar-refractivity contribution in [3.8, 4) is 11.4 Å². The number of alkyl halides is 6. The van der Waals surface area contributed by atoms with E-state index >= 15 is 0 Å². The molecule has 0 atom stereocenters. The lowest BCUT2D eigenvalue weighted by atomic mass is 10.0. The van der Waals surface area contributed by atoms with Crippen molar-refractivity contribution in [3.05, 3.63) is 41.4 Å². The maximum Gasteiger partial charge on any atom is 0.416 e. The maximum atomic E-state index is 12.9. The number of imide groups is 1. The average molecular weight is 405 g/mol. The highest BCUT2D eigenvalue weighted by Gasteiger charge is 2.37. The number of nitrogens with zero attached hydrogens (tertiary/aromatic N) is 4. The molecule has 2 aromatic rings. The van der Waals surface area contributed by atoms with Crippen molar-refractivity contribution in [3.63, 3.8) is 0 Å². The zero-order valence-corrected chi connectivity index (χ0v) is 13.8. The second-order valence-corrected chi connectivity index (χ2v) is 5.68. The summed E-state index contributed by atoms with van der Waals surface area (Å²) in [4.78, 5) is 27.6. The molecule has 0 unspecified atom stereocenters. The normalized spacial score (nSPS) is 16.8. The monoisotopic (exact) mass is 405 g/mol. The van der Waals surface area contributed by atoms with Crippen LogP contribution in [0.5, 0.6) is 0 Å². The summed E-state index contributed by atoms with van der Waals surface area (Å²) >= 11 is 0. The first kappa shape index (κ1) is 19.4. The Kier molecular flexibility index (Phi) is 4.40. The molecule has 148 valence electrons. The molecule has 3 amide bonds. The van der Waals surface area contributed by atoms with Crippen LogP contribution >= 0.6 is 0 Å². The summed E-state index contributed by atoms with van der Waals surface area (Å²) < 4.78 is 78.5. The molecule has 1 aliphatic heterocycles. The van der Waals surface area contributed by atoms with Crippen molar-refractivity contribution in [2.75, 3.05) is 7.05 Å². The first-order chi connectivity index (χ1) is 12.9. The van der Waals surface area contributed by atoms with Crippen LogP contribution < -0.4 is 5.32 Å². The fraction of sp³-hybridized carbons (Fsp3) is 0.200. The fourth-order valence-corrected chi connectivity index (χ4v) is 2.30. The molecule has 7 nitrogen and oxygen atoms in total. The summed E-state index contributed by atoms with van der Waals surface area (Å²) in [6.07, 6.45) is -8.02. The Hall–Kier alpha value is -3.38. The Balaban J connectivity index is 2.01. The third-order valence-corrected chi connectivity index (χ3v) is 3.70. The van der Waals surface area contributed by atoms with E-state index < -0.39 is 46.8 Å². The molecule has 0 saturated carbocycles. The molecule has 0 aliphatic carbocycles. The quantitative estimate of drug-likeness (QED) is 0.473. The number of rotatable bonds is 2. The molecule has 13 heteroatoms. The predicted molar refractivity (Wildman–Crippen MR) is 81.0 cm³/mol. The molecule has 0 bridgehead atoms. The van der Waals surface area contributed by atoms with Gasteiger partial charge in [0.1, 0.15) is 12.0 Å². The molecule has 3 rings (SSSR count). The molecule has 0 spiro atoms. The Morgan fingerprint density at radius 3 is 2.04 bits per heavy atom. The second-order valence-electron chi connectivity index (χ2n) is 5.68. The van der Waals surface area contributed by atoms with Gasteiger partial charge < -0.3 is 5.32 Å². The van der Waals surface area contributed by atoms with E-state index in [1.165, 1.54) is 7.05 Å². The topological polar surface area (TPSA) is 80.1 Å². The van der Waals surface area contributed by atoms with Gasteiger partial charge in [0.15, 0.2) is 5.82 Å². The number of urea groups is 1. The summed E-state index contributed by atoms with van der Waals surface area (Å²) in [5.41, 5.74) is -3.72. The number of amides is 3. The van der Waals surface area contributed by atoms with E-state index in [2.05, 4.69) is 15.4 Å². The van der Waals surface area contributed by atoms with Crippen molar-refractivity contribution < 1.29 is 35.9 Å². The van der Waals surface area contributed by atoms with E-state index in [1.807, 2.05) is 0 Å². The molecule has 1 aromatic heterocycles. The van der Waals surface area contributed by atoms with E-state index in [9.17, 15) is 35.9 Å². The number of likely N-dealkylation sites (N-methyl/N-ethyl adjacent to an activating group) is 1. The van der Waals surface area contributed by atoms with Gasteiger partial charge in [-0.2, -0.15) is 26.3 Å². The van der Waals surface area contributed by atoms with Crippen molar-refractivity contribution in [2.45, 2.75) is 12.4 Å². The molecular formula is C15H9F6N5O2. The van der Waals surface area contributed by atoms with Gasteiger partial charge in [-0.1, -0.05) is 0 Å². The molecule has 1 aromatic carbocycles. The van der Waals surface area contributed by atoms with E-state index in [0.29, 0.717) is 12.1 Å². The minimum absolute atomic E-state index is 0.00890. The highest BCUT2D eigenvalue weighted by Crippen LogP contribution is 2.38. The molecule has 1 fully saturated rings. The van der Waals surface area contributed by atoms with E-state index in [-0.39, 0.29) is 11.8 Å². The van der Waals surface area contributed by atoms with Crippen molar-refractivity contribution in [1.29, 1.82) is 0 Å². The Morgan fingerprint density at radius 1 is 1.00 bits per heavy atom. The van der Waals surface area contributed by atoms with E-state index in [0.717, 1.165) is 22.1 Å². The molecule has 1 aliphatic rings. The van der Waals surface area contributed by atoms with E-state index in [4.69, 9.17) is 0 Å². The molecular weight excluding hydrogens is 396 g/mol. The largest absolute Gasteiger partial charge is 0.416 e. The summed E-state index contributed by atoms with van der Waals surface area (Å²) in [6.45, 7) is 0. The van der Waals surface area contributed by atoms with Crippen LogP contribution in [0.2, 0.25) is 0 Å².